The Morgan fingerprint density at radius 1 is 1.13 bits per heavy atom. The topological polar surface area (TPSA) is 76.0 Å². The number of carbonyl (C=O) groups excluding carboxylic acids is 2. The van der Waals surface area contributed by atoms with Crippen LogP contribution in [0.15, 0.2) is 42.5 Å². The van der Waals surface area contributed by atoms with E-state index in [1.54, 1.807) is 0 Å². The lowest BCUT2D eigenvalue weighted by Crippen LogP contribution is -2.29. The van der Waals surface area contributed by atoms with Crippen LogP contribution >= 0.6 is 0 Å². The van der Waals surface area contributed by atoms with Crippen LogP contribution < -0.4 is 10.6 Å². The Hall–Kier alpha value is -3.43. The molecule has 0 radical (unpaired) electrons. The quantitative estimate of drug-likeness (QED) is 0.612. The first-order chi connectivity index (χ1) is 14.0. The van der Waals surface area contributed by atoms with Gasteiger partial charge in [-0.2, -0.15) is 13.2 Å². The number of rotatable bonds is 5. The fraction of sp³-hybridized carbons (Fsp3) is 0.250. The predicted molar refractivity (Wildman–Crippen MR) is 102 cm³/mol. The summed E-state index contributed by atoms with van der Waals surface area (Å²) in [4.78, 5) is 27.5. The zero-order valence-electron chi connectivity index (χ0n) is 16.0. The van der Waals surface area contributed by atoms with Crippen molar-refractivity contribution in [2.75, 3.05) is 5.32 Å². The van der Waals surface area contributed by atoms with Gasteiger partial charge >= 0.3 is 6.18 Å². The first-order valence-corrected chi connectivity index (χ1v) is 8.90. The second-order valence-corrected chi connectivity index (χ2v) is 6.75. The van der Waals surface area contributed by atoms with Crippen molar-refractivity contribution < 1.29 is 27.2 Å². The minimum Gasteiger partial charge on any atom is -0.349 e. The average Bonchev–Trinajstić information content (AvgIpc) is 2.98. The first kappa shape index (κ1) is 21.3. The molecule has 0 spiro atoms. The molecule has 3 rings (SSSR count). The molecule has 0 bridgehead atoms. The fourth-order valence-electron chi connectivity index (χ4n) is 3.12. The maximum atomic E-state index is 13.1. The van der Waals surface area contributed by atoms with E-state index in [0.29, 0.717) is 5.56 Å². The van der Waals surface area contributed by atoms with Gasteiger partial charge in [-0.3, -0.25) is 9.59 Å². The summed E-state index contributed by atoms with van der Waals surface area (Å²) in [5.41, 5.74) is 1.15. The number of halogens is 4. The van der Waals surface area contributed by atoms with Gasteiger partial charge in [0.1, 0.15) is 5.82 Å². The Balaban J connectivity index is 1.79. The largest absolute Gasteiger partial charge is 0.449 e. The third-order valence-electron chi connectivity index (χ3n) is 4.46. The number of nitrogens with zero attached hydrogens (tertiary/aromatic N) is 2. The number of hydrogen-bond donors (Lipinski definition) is 2. The van der Waals surface area contributed by atoms with Gasteiger partial charge < -0.3 is 15.2 Å². The number of aromatic nitrogens is 2. The molecule has 0 saturated carbocycles. The van der Waals surface area contributed by atoms with Crippen molar-refractivity contribution in [1.29, 1.82) is 0 Å². The van der Waals surface area contributed by atoms with E-state index in [4.69, 9.17) is 0 Å². The molecule has 1 unspecified atom stereocenters. The molecule has 0 aliphatic carbocycles. The van der Waals surface area contributed by atoms with Gasteiger partial charge in [0.15, 0.2) is 0 Å². The molecular formula is C20H18F4N4O2. The molecule has 6 nitrogen and oxygen atoms in total. The van der Waals surface area contributed by atoms with Gasteiger partial charge in [0, 0.05) is 19.7 Å². The van der Waals surface area contributed by atoms with E-state index in [-0.39, 0.29) is 29.0 Å². The number of anilines is 1. The molecule has 0 aliphatic rings. The lowest BCUT2D eigenvalue weighted by Gasteiger charge is -2.18. The van der Waals surface area contributed by atoms with Crippen LogP contribution in [0, 0.1) is 5.82 Å². The summed E-state index contributed by atoms with van der Waals surface area (Å²) >= 11 is 0. The van der Waals surface area contributed by atoms with E-state index in [1.165, 1.54) is 56.4 Å². The smallest absolute Gasteiger partial charge is 0.349 e. The molecule has 30 heavy (non-hydrogen) atoms. The summed E-state index contributed by atoms with van der Waals surface area (Å²) in [6, 6.07) is 8.90. The second-order valence-electron chi connectivity index (χ2n) is 6.75. The molecule has 0 saturated heterocycles. The SMILES string of the molecule is CC(=O)NC(CC(=O)Nc1ccc2c(c1)nc(C(F)(F)F)n2C)c1ccc(F)cc1. The monoisotopic (exact) mass is 422 g/mol. The summed E-state index contributed by atoms with van der Waals surface area (Å²) in [6.07, 6.45) is -4.75. The molecule has 2 N–H and O–H groups in total. The van der Waals surface area contributed by atoms with E-state index in [9.17, 15) is 27.2 Å². The van der Waals surface area contributed by atoms with Crippen molar-refractivity contribution in [2.24, 2.45) is 7.05 Å². The molecule has 2 aromatic carbocycles. The predicted octanol–water partition coefficient (Wildman–Crippen LogP) is 3.94. The van der Waals surface area contributed by atoms with E-state index in [2.05, 4.69) is 15.6 Å². The van der Waals surface area contributed by atoms with E-state index in [0.717, 1.165) is 4.57 Å². The maximum Gasteiger partial charge on any atom is 0.449 e. The van der Waals surface area contributed by atoms with Crippen LogP contribution in [0.2, 0.25) is 0 Å². The molecule has 1 aromatic heterocycles. The van der Waals surface area contributed by atoms with Crippen molar-refractivity contribution in [1.82, 2.24) is 14.9 Å². The van der Waals surface area contributed by atoms with Gasteiger partial charge in [-0.05, 0) is 35.9 Å². The highest BCUT2D eigenvalue weighted by molar-refractivity contribution is 5.93. The Morgan fingerprint density at radius 3 is 2.40 bits per heavy atom. The molecule has 3 aromatic rings. The number of amides is 2. The van der Waals surface area contributed by atoms with Crippen LogP contribution in [-0.2, 0) is 22.8 Å². The maximum absolute atomic E-state index is 13.1. The normalized spacial score (nSPS) is 12.6. The van der Waals surface area contributed by atoms with Crippen LogP contribution in [-0.4, -0.2) is 21.4 Å². The van der Waals surface area contributed by atoms with Crippen LogP contribution in [0.4, 0.5) is 23.2 Å². The Kier molecular flexibility index (Phi) is 5.77. The minimum atomic E-state index is -4.60. The van der Waals surface area contributed by atoms with Gasteiger partial charge in [0.25, 0.3) is 0 Å². The van der Waals surface area contributed by atoms with Crippen molar-refractivity contribution >= 4 is 28.5 Å². The van der Waals surface area contributed by atoms with Crippen LogP contribution in [0.25, 0.3) is 11.0 Å². The minimum absolute atomic E-state index is 0.0829. The van der Waals surface area contributed by atoms with Crippen LogP contribution in [0.1, 0.15) is 30.8 Å². The Morgan fingerprint density at radius 2 is 1.80 bits per heavy atom. The van der Waals surface area contributed by atoms with Gasteiger partial charge in [0.2, 0.25) is 17.6 Å². The molecular weight excluding hydrogens is 404 g/mol. The molecule has 158 valence electrons. The summed E-state index contributed by atoms with van der Waals surface area (Å²) in [5, 5.41) is 5.22. The summed E-state index contributed by atoms with van der Waals surface area (Å²) < 4.78 is 53.1. The van der Waals surface area contributed by atoms with E-state index in [1.807, 2.05) is 0 Å². The molecule has 10 heteroatoms. The molecule has 0 fully saturated rings. The molecule has 0 aliphatic heterocycles. The van der Waals surface area contributed by atoms with Gasteiger partial charge in [-0.25, -0.2) is 9.37 Å². The number of carbonyl (C=O) groups is 2. The van der Waals surface area contributed by atoms with Crippen LogP contribution in [0.3, 0.4) is 0 Å². The van der Waals surface area contributed by atoms with E-state index >= 15 is 0 Å². The Labute approximate surface area is 168 Å². The number of imidazole rings is 1. The highest BCUT2D eigenvalue weighted by Gasteiger charge is 2.36. The number of aryl methyl sites for hydroxylation is 1. The Bertz CT molecular complexity index is 1090. The van der Waals surface area contributed by atoms with Crippen molar-refractivity contribution in [3.63, 3.8) is 0 Å². The highest BCUT2D eigenvalue weighted by atomic mass is 19.4. The van der Waals surface area contributed by atoms with Crippen molar-refractivity contribution in [3.05, 3.63) is 59.7 Å². The molecule has 2 amide bonds. The number of hydrogen-bond acceptors (Lipinski definition) is 3. The van der Waals surface area contributed by atoms with Crippen molar-refractivity contribution in [3.8, 4) is 0 Å². The zero-order valence-corrected chi connectivity index (χ0v) is 16.0. The van der Waals surface area contributed by atoms with Crippen molar-refractivity contribution in [2.45, 2.75) is 25.6 Å². The second kappa shape index (κ2) is 8.13. The lowest BCUT2D eigenvalue weighted by atomic mass is 10.0. The molecule has 1 atom stereocenters. The summed E-state index contributed by atoms with van der Waals surface area (Å²) in [5.74, 6) is -2.34. The fourth-order valence-corrected chi connectivity index (χ4v) is 3.12. The highest BCUT2D eigenvalue weighted by Crippen LogP contribution is 2.31. The van der Waals surface area contributed by atoms with Crippen LogP contribution in [0.5, 0.6) is 0 Å². The first-order valence-electron chi connectivity index (χ1n) is 8.90. The summed E-state index contributed by atoms with van der Waals surface area (Å²) in [7, 11) is 1.26. The van der Waals surface area contributed by atoms with Gasteiger partial charge in [-0.1, -0.05) is 12.1 Å². The van der Waals surface area contributed by atoms with Gasteiger partial charge in [0.05, 0.1) is 23.5 Å². The summed E-state index contributed by atoms with van der Waals surface area (Å²) in [6.45, 7) is 1.29. The standard InChI is InChI=1S/C20H18F4N4O2/c1-11(29)25-15(12-3-5-13(21)6-4-12)10-18(30)26-14-7-8-17-16(9-14)27-19(28(17)2)20(22,23)24/h3-9,15H,10H2,1-2H3,(H,25,29)(H,26,30). The van der Waals surface area contributed by atoms with E-state index < -0.39 is 29.8 Å². The average molecular weight is 422 g/mol. The third kappa shape index (κ3) is 4.76. The lowest BCUT2D eigenvalue weighted by molar-refractivity contribution is -0.146. The number of nitrogens with one attached hydrogen (secondary N) is 2. The number of benzene rings is 2. The number of fused-ring (bicyclic) bond motifs is 1. The number of alkyl halides is 3. The molecule has 1 heterocycles. The van der Waals surface area contributed by atoms with Gasteiger partial charge in [-0.15, -0.1) is 0 Å². The third-order valence-corrected chi connectivity index (χ3v) is 4.46. The zero-order chi connectivity index (χ0) is 22.1.